The Labute approximate surface area is 127 Å². The Morgan fingerprint density at radius 1 is 0.950 bits per heavy atom. The smallest absolute Gasteiger partial charge is 0.0170 e. The highest BCUT2D eigenvalue weighted by Crippen LogP contribution is 2.30. The second-order valence-corrected chi connectivity index (χ2v) is 9.38. The first-order valence-corrected chi connectivity index (χ1v) is 8.44. The lowest BCUT2D eigenvalue weighted by Gasteiger charge is -2.43. The van der Waals surface area contributed by atoms with Crippen LogP contribution in [0.15, 0.2) is 0 Å². The summed E-state index contributed by atoms with van der Waals surface area (Å²) in [5.41, 5.74) is 0.887. The van der Waals surface area contributed by atoms with Crippen LogP contribution in [0.2, 0.25) is 0 Å². The van der Waals surface area contributed by atoms with Gasteiger partial charge in [-0.3, -0.25) is 4.90 Å². The van der Waals surface area contributed by atoms with Gasteiger partial charge < -0.3 is 5.32 Å². The molecule has 1 unspecified atom stereocenters. The number of rotatable bonds is 6. The van der Waals surface area contributed by atoms with Crippen LogP contribution in [0.5, 0.6) is 0 Å². The van der Waals surface area contributed by atoms with Crippen LogP contribution in [0.3, 0.4) is 0 Å². The van der Waals surface area contributed by atoms with Crippen molar-refractivity contribution in [3.63, 3.8) is 0 Å². The second-order valence-electron chi connectivity index (χ2n) is 9.38. The van der Waals surface area contributed by atoms with E-state index in [9.17, 15) is 0 Å². The fraction of sp³-hybridized carbons (Fsp3) is 1.00. The van der Waals surface area contributed by atoms with Crippen molar-refractivity contribution in [2.75, 3.05) is 13.1 Å². The van der Waals surface area contributed by atoms with Crippen LogP contribution in [0.1, 0.15) is 81.1 Å². The molecule has 1 rings (SSSR count). The average molecular weight is 283 g/mol. The van der Waals surface area contributed by atoms with Gasteiger partial charge in [0.2, 0.25) is 0 Å². The van der Waals surface area contributed by atoms with Crippen molar-refractivity contribution in [3.05, 3.63) is 0 Å². The maximum absolute atomic E-state index is 3.87. The molecule has 0 amide bonds. The lowest BCUT2D eigenvalue weighted by atomic mass is 9.83. The SMILES string of the molecule is CC(CC(C)(C)C)NC(C)(C)CC(C)(C)N1CCCC1. The molecular weight excluding hydrogens is 244 g/mol. The molecule has 1 aliphatic rings. The quantitative estimate of drug-likeness (QED) is 0.774. The van der Waals surface area contributed by atoms with Crippen molar-refractivity contribution >= 4 is 0 Å². The van der Waals surface area contributed by atoms with Crippen molar-refractivity contribution in [1.82, 2.24) is 10.2 Å². The van der Waals surface area contributed by atoms with Crippen molar-refractivity contribution in [1.29, 1.82) is 0 Å². The maximum Gasteiger partial charge on any atom is 0.0170 e. The van der Waals surface area contributed by atoms with Crippen LogP contribution < -0.4 is 5.32 Å². The van der Waals surface area contributed by atoms with Crippen molar-refractivity contribution in [2.45, 2.75) is 98.2 Å². The standard InChI is InChI=1S/C18H38N2/c1-15(13-16(2,3)4)19-17(5,6)14-18(7,8)20-11-9-10-12-20/h15,19H,9-14H2,1-8H3. The molecule has 1 heterocycles. The number of likely N-dealkylation sites (tertiary alicyclic amines) is 1. The van der Waals surface area contributed by atoms with E-state index in [1.165, 1.54) is 38.8 Å². The molecule has 0 spiro atoms. The van der Waals surface area contributed by atoms with E-state index in [4.69, 9.17) is 0 Å². The summed E-state index contributed by atoms with van der Waals surface area (Å²) in [6, 6.07) is 0.569. The Kier molecular flexibility index (Phi) is 5.71. The van der Waals surface area contributed by atoms with Crippen LogP contribution in [0.4, 0.5) is 0 Å². The summed E-state index contributed by atoms with van der Waals surface area (Å²) in [6.07, 6.45) is 5.17. The van der Waals surface area contributed by atoms with Gasteiger partial charge in [0, 0.05) is 17.1 Å². The van der Waals surface area contributed by atoms with E-state index in [0.717, 1.165) is 0 Å². The summed E-state index contributed by atoms with van der Waals surface area (Å²) in [5, 5.41) is 3.87. The Morgan fingerprint density at radius 2 is 1.45 bits per heavy atom. The Balaban J connectivity index is 2.55. The molecule has 1 saturated heterocycles. The van der Waals surface area contributed by atoms with E-state index in [-0.39, 0.29) is 5.54 Å². The van der Waals surface area contributed by atoms with Crippen LogP contribution in [0.25, 0.3) is 0 Å². The molecule has 120 valence electrons. The average Bonchev–Trinajstić information content (AvgIpc) is 2.62. The van der Waals surface area contributed by atoms with Gasteiger partial charge in [0.25, 0.3) is 0 Å². The first kappa shape index (κ1) is 18.0. The molecule has 0 radical (unpaired) electrons. The molecule has 0 aliphatic carbocycles. The minimum absolute atomic E-state index is 0.191. The van der Waals surface area contributed by atoms with E-state index < -0.39 is 0 Å². The molecule has 1 N–H and O–H groups in total. The zero-order chi connectivity index (χ0) is 15.6. The number of hydrogen-bond acceptors (Lipinski definition) is 2. The minimum atomic E-state index is 0.191. The number of hydrogen-bond donors (Lipinski definition) is 1. The molecule has 0 aromatic heterocycles. The van der Waals surface area contributed by atoms with Gasteiger partial charge in [-0.25, -0.2) is 0 Å². The van der Waals surface area contributed by atoms with Gasteiger partial charge in [-0.2, -0.15) is 0 Å². The predicted molar refractivity (Wildman–Crippen MR) is 90.3 cm³/mol. The van der Waals surface area contributed by atoms with Crippen molar-refractivity contribution in [2.24, 2.45) is 5.41 Å². The van der Waals surface area contributed by atoms with E-state index in [0.29, 0.717) is 17.0 Å². The number of nitrogens with one attached hydrogen (secondary N) is 1. The molecule has 2 nitrogen and oxygen atoms in total. The highest BCUT2D eigenvalue weighted by atomic mass is 15.2. The largest absolute Gasteiger partial charge is 0.309 e. The Hall–Kier alpha value is -0.0800. The normalized spacial score (nSPS) is 20.4. The number of nitrogens with zero attached hydrogens (tertiary/aromatic N) is 1. The third kappa shape index (κ3) is 6.13. The molecule has 0 saturated carbocycles. The molecule has 0 aromatic rings. The van der Waals surface area contributed by atoms with Gasteiger partial charge >= 0.3 is 0 Å². The van der Waals surface area contributed by atoms with E-state index in [1.807, 2.05) is 0 Å². The second kappa shape index (κ2) is 6.36. The molecule has 2 heteroatoms. The predicted octanol–water partition coefficient (Wildman–Crippen LogP) is 4.44. The van der Waals surface area contributed by atoms with Crippen LogP contribution in [0, 0.1) is 5.41 Å². The fourth-order valence-electron chi connectivity index (χ4n) is 4.20. The summed E-state index contributed by atoms with van der Waals surface area (Å²) in [4.78, 5) is 2.67. The minimum Gasteiger partial charge on any atom is -0.309 e. The molecule has 1 aliphatic heterocycles. The molecule has 1 atom stereocenters. The topological polar surface area (TPSA) is 15.3 Å². The van der Waals surface area contributed by atoms with Crippen molar-refractivity contribution < 1.29 is 0 Å². The van der Waals surface area contributed by atoms with Gasteiger partial charge in [-0.1, -0.05) is 20.8 Å². The fourth-order valence-corrected chi connectivity index (χ4v) is 4.20. The third-order valence-corrected chi connectivity index (χ3v) is 4.39. The summed E-state index contributed by atoms with van der Waals surface area (Å²) in [7, 11) is 0. The first-order valence-electron chi connectivity index (χ1n) is 8.44. The van der Waals surface area contributed by atoms with Gasteiger partial charge in [-0.05, 0) is 78.8 Å². The zero-order valence-electron chi connectivity index (χ0n) is 15.3. The van der Waals surface area contributed by atoms with Crippen molar-refractivity contribution in [3.8, 4) is 0 Å². The lowest BCUT2D eigenvalue weighted by Crippen LogP contribution is -2.54. The molecular formula is C18H38N2. The lowest BCUT2D eigenvalue weighted by molar-refractivity contribution is 0.103. The first-order chi connectivity index (χ1) is 8.91. The maximum atomic E-state index is 3.87. The summed E-state index contributed by atoms with van der Waals surface area (Å²) >= 11 is 0. The summed E-state index contributed by atoms with van der Waals surface area (Å²) in [6.45, 7) is 21.4. The van der Waals surface area contributed by atoms with Gasteiger partial charge in [-0.15, -0.1) is 0 Å². The van der Waals surface area contributed by atoms with E-state index in [2.05, 4.69) is 65.6 Å². The Morgan fingerprint density at radius 3 is 1.90 bits per heavy atom. The third-order valence-electron chi connectivity index (χ3n) is 4.39. The van der Waals surface area contributed by atoms with Crippen LogP contribution in [-0.2, 0) is 0 Å². The van der Waals surface area contributed by atoms with Gasteiger partial charge in [0.05, 0.1) is 0 Å². The van der Waals surface area contributed by atoms with E-state index >= 15 is 0 Å². The zero-order valence-corrected chi connectivity index (χ0v) is 15.3. The van der Waals surface area contributed by atoms with Gasteiger partial charge in [0.1, 0.15) is 0 Å². The highest BCUT2D eigenvalue weighted by molar-refractivity contribution is 4.94. The highest BCUT2D eigenvalue weighted by Gasteiger charge is 2.35. The Bertz CT molecular complexity index is 293. The summed E-state index contributed by atoms with van der Waals surface area (Å²) in [5.74, 6) is 0. The van der Waals surface area contributed by atoms with Crippen LogP contribution in [-0.4, -0.2) is 35.1 Å². The van der Waals surface area contributed by atoms with Crippen LogP contribution >= 0.6 is 0 Å². The molecule has 0 bridgehead atoms. The summed E-state index contributed by atoms with van der Waals surface area (Å²) < 4.78 is 0. The van der Waals surface area contributed by atoms with Gasteiger partial charge in [0.15, 0.2) is 0 Å². The monoisotopic (exact) mass is 282 g/mol. The molecule has 20 heavy (non-hydrogen) atoms. The molecule has 1 fully saturated rings. The van der Waals surface area contributed by atoms with E-state index in [1.54, 1.807) is 0 Å². The molecule has 0 aromatic carbocycles.